The SMILES string of the molecule is CCCc1nn(C)c(Nc2ccc(C)cc2)c1N. The minimum Gasteiger partial charge on any atom is -0.394 e. The van der Waals surface area contributed by atoms with Crippen LogP contribution < -0.4 is 11.1 Å². The van der Waals surface area contributed by atoms with Gasteiger partial charge in [0.2, 0.25) is 0 Å². The van der Waals surface area contributed by atoms with E-state index in [0.29, 0.717) is 0 Å². The van der Waals surface area contributed by atoms with Gasteiger partial charge in [-0.3, -0.25) is 4.68 Å². The summed E-state index contributed by atoms with van der Waals surface area (Å²) in [5.41, 5.74) is 10.1. The van der Waals surface area contributed by atoms with Gasteiger partial charge in [-0.05, 0) is 25.5 Å². The van der Waals surface area contributed by atoms with E-state index in [0.717, 1.165) is 35.7 Å². The van der Waals surface area contributed by atoms with E-state index in [1.54, 1.807) is 4.68 Å². The molecule has 0 aliphatic rings. The molecule has 0 saturated carbocycles. The first-order valence-electron chi connectivity index (χ1n) is 6.27. The zero-order valence-electron chi connectivity index (χ0n) is 11.2. The van der Waals surface area contributed by atoms with E-state index < -0.39 is 0 Å². The summed E-state index contributed by atoms with van der Waals surface area (Å²) in [6.45, 7) is 4.20. The first-order valence-corrected chi connectivity index (χ1v) is 6.27. The monoisotopic (exact) mass is 244 g/mol. The average Bonchev–Trinajstić information content (AvgIpc) is 2.60. The van der Waals surface area contributed by atoms with Gasteiger partial charge in [-0.2, -0.15) is 5.10 Å². The summed E-state index contributed by atoms with van der Waals surface area (Å²) in [6.07, 6.45) is 1.96. The van der Waals surface area contributed by atoms with Crippen molar-refractivity contribution in [3.63, 3.8) is 0 Å². The van der Waals surface area contributed by atoms with E-state index in [-0.39, 0.29) is 0 Å². The predicted octanol–water partition coefficient (Wildman–Crippen LogP) is 3.01. The molecule has 1 heterocycles. The van der Waals surface area contributed by atoms with Gasteiger partial charge < -0.3 is 11.1 Å². The molecule has 3 N–H and O–H groups in total. The molecule has 96 valence electrons. The van der Waals surface area contributed by atoms with Crippen LogP contribution in [0.3, 0.4) is 0 Å². The average molecular weight is 244 g/mol. The second-order valence-corrected chi connectivity index (χ2v) is 4.57. The fourth-order valence-corrected chi connectivity index (χ4v) is 1.94. The first-order chi connectivity index (χ1) is 8.61. The summed E-state index contributed by atoms with van der Waals surface area (Å²) >= 11 is 0. The summed E-state index contributed by atoms with van der Waals surface area (Å²) < 4.78 is 1.81. The fraction of sp³-hybridized carbons (Fsp3) is 0.357. The Kier molecular flexibility index (Phi) is 3.55. The van der Waals surface area contributed by atoms with Crippen molar-refractivity contribution >= 4 is 17.2 Å². The highest BCUT2D eigenvalue weighted by Crippen LogP contribution is 2.26. The molecule has 18 heavy (non-hydrogen) atoms. The highest BCUT2D eigenvalue weighted by molar-refractivity contribution is 5.71. The summed E-state index contributed by atoms with van der Waals surface area (Å²) in [5, 5.41) is 7.76. The highest BCUT2D eigenvalue weighted by atomic mass is 15.3. The molecule has 2 aromatic rings. The maximum absolute atomic E-state index is 6.12. The number of aryl methyl sites for hydroxylation is 3. The summed E-state index contributed by atoms with van der Waals surface area (Å²) in [4.78, 5) is 0. The van der Waals surface area contributed by atoms with Gasteiger partial charge in [0.25, 0.3) is 0 Å². The molecule has 1 aromatic heterocycles. The number of aromatic nitrogens is 2. The zero-order valence-corrected chi connectivity index (χ0v) is 11.2. The van der Waals surface area contributed by atoms with Crippen molar-refractivity contribution < 1.29 is 0 Å². The second kappa shape index (κ2) is 5.12. The Balaban J connectivity index is 2.26. The Hall–Kier alpha value is -1.97. The lowest BCUT2D eigenvalue weighted by Gasteiger charge is -2.07. The molecule has 0 aliphatic carbocycles. The summed E-state index contributed by atoms with van der Waals surface area (Å²) in [6, 6.07) is 8.23. The number of anilines is 3. The topological polar surface area (TPSA) is 55.9 Å². The van der Waals surface area contributed by atoms with E-state index in [1.165, 1.54) is 5.56 Å². The van der Waals surface area contributed by atoms with Gasteiger partial charge in [0.05, 0.1) is 11.4 Å². The van der Waals surface area contributed by atoms with Crippen LogP contribution in [-0.4, -0.2) is 9.78 Å². The third-order valence-corrected chi connectivity index (χ3v) is 2.96. The number of nitrogens with zero attached hydrogens (tertiary/aromatic N) is 2. The van der Waals surface area contributed by atoms with Gasteiger partial charge in [-0.15, -0.1) is 0 Å². The standard InChI is InChI=1S/C14H20N4/c1-4-5-12-13(15)14(18(3)17-12)16-11-8-6-10(2)7-9-11/h6-9,16H,4-5,15H2,1-3H3. The van der Waals surface area contributed by atoms with Crippen LogP contribution in [0.15, 0.2) is 24.3 Å². The van der Waals surface area contributed by atoms with Crippen LogP contribution in [0.4, 0.5) is 17.2 Å². The van der Waals surface area contributed by atoms with Gasteiger partial charge in [0.15, 0.2) is 5.82 Å². The number of hydrogen-bond donors (Lipinski definition) is 2. The Morgan fingerprint density at radius 1 is 1.28 bits per heavy atom. The Morgan fingerprint density at radius 3 is 2.56 bits per heavy atom. The maximum atomic E-state index is 6.12. The largest absolute Gasteiger partial charge is 0.394 e. The highest BCUT2D eigenvalue weighted by Gasteiger charge is 2.12. The molecule has 0 amide bonds. The number of nitrogens with one attached hydrogen (secondary N) is 1. The summed E-state index contributed by atoms with van der Waals surface area (Å²) in [7, 11) is 1.91. The lowest BCUT2D eigenvalue weighted by atomic mass is 10.2. The van der Waals surface area contributed by atoms with Gasteiger partial charge in [0.1, 0.15) is 0 Å². The van der Waals surface area contributed by atoms with Crippen LogP contribution in [0.2, 0.25) is 0 Å². The molecule has 0 aliphatic heterocycles. The molecule has 0 fully saturated rings. The van der Waals surface area contributed by atoms with Crippen molar-refractivity contribution in [1.29, 1.82) is 0 Å². The third kappa shape index (κ3) is 2.47. The quantitative estimate of drug-likeness (QED) is 0.869. The van der Waals surface area contributed by atoms with Crippen LogP contribution >= 0.6 is 0 Å². The van der Waals surface area contributed by atoms with Crippen molar-refractivity contribution in [2.24, 2.45) is 7.05 Å². The van der Waals surface area contributed by atoms with E-state index in [4.69, 9.17) is 5.73 Å². The number of nitrogens with two attached hydrogens (primary N) is 1. The minimum atomic E-state index is 0.750. The molecule has 0 spiro atoms. The second-order valence-electron chi connectivity index (χ2n) is 4.57. The van der Waals surface area contributed by atoms with Crippen molar-refractivity contribution in [2.45, 2.75) is 26.7 Å². The van der Waals surface area contributed by atoms with Crippen molar-refractivity contribution in [3.05, 3.63) is 35.5 Å². The van der Waals surface area contributed by atoms with E-state index in [1.807, 2.05) is 19.2 Å². The minimum absolute atomic E-state index is 0.750. The van der Waals surface area contributed by atoms with Crippen molar-refractivity contribution in [1.82, 2.24) is 9.78 Å². The molecular formula is C14H20N4. The smallest absolute Gasteiger partial charge is 0.152 e. The van der Waals surface area contributed by atoms with Gasteiger partial charge >= 0.3 is 0 Å². The summed E-state index contributed by atoms with van der Waals surface area (Å²) in [5.74, 6) is 0.863. The molecule has 0 radical (unpaired) electrons. The number of nitrogen functional groups attached to an aromatic ring is 1. The third-order valence-electron chi connectivity index (χ3n) is 2.96. The van der Waals surface area contributed by atoms with Crippen LogP contribution in [0.25, 0.3) is 0 Å². The van der Waals surface area contributed by atoms with Crippen LogP contribution in [-0.2, 0) is 13.5 Å². The Labute approximate surface area is 108 Å². The molecule has 0 atom stereocenters. The molecule has 4 heteroatoms. The number of hydrogen-bond acceptors (Lipinski definition) is 3. The lowest BCUT2D eigenvalue weighted by molar-refractivity contribution is 0.740. The maximum Gasteiger partial charge on any atom is 0.152 e. The molecule has 4 nitrogen and oxygen atoms in total. The normalized spacial score (nSPS) is 10.6. The molecular weight excluding hydrogens is 224 g/mol. The van der Waals surface area contributed by atoms with Crippen LogP contribution in [0.5, 0.6) is 0 Å². The van der Waals surface area contributed by atoms with Crippen molar-refractivity contribution in [2.75, 3.05) is 11.1 Å². The fourth-order valence-electron chi connectivity index (χ4n) is 1.94. The van der Waals surface area contributed by atoms with E-state index >= 15 is 0 Å². The first kappa shape index (κ1) is 12.5. The number of rotatable bonds is 4. The molecule has 0 bridgehead atoms. The Bertz CT molecular complexity index is 525. The number of benzene rings is 1. The van der Waals surface area contributed by atoms with Crippen LogP contribution in [0, 0.1) is 6.92 Å². The van der Waals surface area contributed by atoms with Gasteiger partial charge in [-0.1, -0.05) is 31.0 Å². The molecule has 1 aromatic carbocycles. The Morgan fingerprint density at radius 2 is 1.94 bits per heavy atom. The molecule has 0 saturated heterocycles. The predicted molar refractivity (Wildman–Crippen MR) is 76.1 cm³/mol. The van der Waals surface area contributed by atoms with E-state index in [2.05, 4.69) is 36.4 Å². The van der Waals surface area contributed by atoms with E-state index in [9.17, 15) is 0 Å². The van der Waals surface area contributed by atoms with Crippen LogP contribution in [0.1, 0.15) is 24.6 Å². The van der Waals surface area contributed by atoms with Gasteiger partial charge in [-0.25, -0.2) is 0 Å². The molecule has 0 unspecified atom stereocenters. The zero-order chi connectivity index (χ0) is 13.1. The molecule has 2 rings (SSSR count). The lowest BCUT2D eigenvalue weighted by Crippen LogP contribution is -2.01. The van der Waals surface area contributed by atoms with Gasteiger partial charge in [0, 0.05) is 12.7 Å². The van der Waals surface area contributed by atoms with Crippen molar-refractivity contribution in [3.8, 4) is 0 Å².